The Morgan fingerprint density at radius 3 is 2.88 bits per heavy atom. The smallest absolute Gasteiger partial charge is 0.117 e. The number of nitrogens with two attached hydrogens (primary N) is 1. The zero-order valence-corrected chi connectivity index (χ0v) is 9.74. The van der Waals surface area contributed by atoms with E-state index in [-0.39, 0.29) is 11.3 Å². The van der Waals surface area contributed by atoms with Gasteiger partial charge in [0.1, 0.15) is 11.6 Å². The molecule has 17 heavy (non-hydrogen) atoms. The summed E-state index contributed by atoms with van der Waals surface area (Å²) < 4.78 is 0. The molecule has 1 aromatic carbocycles. The van der Waals surface area contributed by atoms with Crippen LogP contribution in [-0.4, -0.2) is 20.6 Å². The molecule has 2 aromatic rings. The summed E-state index contributed by atoms with van der Waals surface area (Å²) >= 11 is 0. The number of aromatic amines is 1. The molecule has 1 heterocycles. The molecule has 0 aliphatic heterocycles. The van der Waals surface area contributed by atoms with Crippen LogP contribution in [0.2, 0.25) is 0 Å². The van der Waals surface area contributed by atoms with Gasteiger partial charge in [0, 0.05) is 18.0 Å². The van der Waals surface area contributed by atoms with Gasteiger partial charge in [-0.15, -0.1) is 0 Å². The third-order valence-corrected chi connectivity index (χ3v) is 3.63. The summed E-state index contributed by atoms with van der Waals surface area (Å²) in [4.78, 5) is 7.75. The van der Waals surface area contributed by atoms with E-state index in [0.717, 1.165) is 36.1 Å². The summed E-state index contributed by atoms with van der Waals surface area (Å²) in [6.07, 6.45) is 5.39. The van der Waals surface area contributed by atoms with Crippen LogP contribution in [0.15, 0.2) is 18.2 Å². The quantitative estimate of drug-likeness (QED) is 0.740. The summed E-state index contributed by atoms with van der Waals surface area (Å²) in [5.74, 6) is 1.19. The van der Waals surface area contributed by atoms with Crippen LogP contribution in [0.4, 0.5) is 0 Å². The third-order valence-electron chi connectivity index (χ3n) is 3.63. The van der Waals surface area contributed by atoms with Gasteiger partial charge < -0.3 is 15.8 Å². The number of aromatic hydroxyl groups is 1. The van der Waals surface area contributed by atoms with Crippen LogP contribution in [0.1, 0.15) is 31.5 Å². The monoisotopic (exact) mass is 231 g/mol. The first-order valence-electron chi connectivity index (χ1n) is 6.11. The van der Waals surface area contributed by atoms with Crippen LogP contribution in [0.5, 0.6) is 5.75 Å². The van der Waals surface area contributed by atoms with Crippen LogP contribution in [0.25, 0.3) is 11.0 Å². The lowest BCUT2D eigenvalue weighted by Crippen LogP contribution is -2.39. The van der Waals surface area contributed by atoms with Crippen LogP contribution >= 0.6 is 0 Å². The number of benzene rings is 1. The number of nitrogens with one attached hydrogen (secondary N) is 1. The van der Waals surface area contributed by atoms with Crippen molar-refractivity contribution < 1.29 is 5.11 Å². The molecule has 4 N–H and O–H groups in total. The van der Waals surface area contributed by atoms with Crippen LogP contribution in [-0.2, 0) is 6.42 Å². The van der Waals surface area contributed by atoms with E-state index in [0.29, 0.717) is 0 Å². The zero-order chi connectivity index (χ0) is 11.9. The maximum absolute atomic E-state index is 9.40. The second kappa shape index (κ2) is 3.74. The molecule has 0 bridgehead atoms. The van der Waals surface area contributed by atoms with E-state index in [2.05, 4.69) is 9.97 Å². The summed E-state index contributed by atoms with van der Waals surface area (Å²) in [5, 5.41) is 9.40. The van der Waals surface area contributed by atoms with Gasteiger partial charge in [0.2, 0.25) is 0 Å². The number of phenols is 1. The van der Waals surface area contributed by atoms with Gasteiger partial charge in [-0.2, -0.15) is 0 Å². The second-order valence-corrected chi connectivity index (χ2v) is 5.13. The molecule has 0 saturated heterocycles. The highest BCUT2D eigenvalue weighted by Crippen LogP contribution is 2.30. The maximum atomic E-state index is 9.40. The van der Waals surface area contributed by atoms with Crippen LogP contribution in [0, 0.1) is 0 Å². The van der Waals surface area contributed by atoms with E-state index >= 15 is 0 Å². The number of aromatic nitrogens is 2. The molecule has 4 nitrogen and oxygen atoms in total. The Bertz CT molecular complexity index is 541. The number of H-pyrrole nitrogens is 1. The van der Waals surface area contributed by atoms with E-state index in [9.17, 15) is 5.11 Å². The van der Waals surface area contributed by atoms with Gasteiger partial charge in [-0.25, -0.2) is 4.98 Å². The minimum Gasteiger partial charge on any atom is -0.508 e. The predicted molar refractivity (Wildman–Crippen MR) is 66.8 cm³/mol. The predicted octanol–water partition coefficient (Wildman–Crippen LogP) is 2.08. The molecule has 0 amide bonds. The lowest BCUT2D eigenvalue weighted by Gasteiger charge is -2.21. The first-order chi connectivity index (χ1) is 8.15. The van der Waals surface area contributed by atoms with Gasteiger partial charge in [-0.05, 0) is 25.0 Å². The molecule has 1 aromatic heterocycles. The normalized spacial score (nSPS) is 18.9. The van der Waals surface area contributed by atoms with Crippen molar-refractivity contribution in [2.24, 2.45) is 5.73 Å². The number of hydrogen-bond donors (Lipinski definition) is 3. The maximum Gasteiger partial charge on any atom is 0.117 e. The number of hydrogen-bond acceptors (Lipinski definition) is 3. The topological polar surface area (TPSA) is 74.9 Å². The van der Waals surface area contributed by atoms with Gasteiger partial charge in [0.25, 0.3) is 0 Å². The van der Waals surface area contributed by atoms with E-state index in [4.69, 9.17) is 5.73 Å². The fraction of sp³-hybridized carbons (Fsp3) is 0.462. The van der Waals surface area contributed by atoms with Crippen LogP contribution in [0.3, 0.4) is 0 Å². The molecule has 0 unspecified atom stereocenters. The summed E-state index contributed by atoms with van der Waals surface area (Å²) in [6.45, 7) is 0. The van der Waals surface area contributed by atoms with E-state index in [1.54, 1.807) is 12.1 Å². The number of phenolic OH excluding ortho intramolecular Hbond substituents is 1. The molecule has 90 valence electrons. The Morgan fingerprint density at radius 1 is 1.35 bits per heavy atom. The van der Waals surface area contributed by atoms with Crippen molar-refractivity contribution in [2.75, 3.05) is 0 Å². The highest BCUT2D eigenvalue weighted by molar-refractivity contribution is 5.76. The molecule has 4 heteroatoms. The minimum absolute atomic E-state index is 0.0874. The molecule has 1 saturated carbocycles. The summed E-state index contributed by atoms with van der Waals surface area (Å²) in [6, 6.07) is 5.17. The molecule has 0 spiro atoms. The van der Waals surface area contributed by atoms with Crippen LogP contribution < -0.4 is 5.73 Å². The molecule has 0 atom stereocenters. The molecule has 3 rings (SSSR count). The van der Waals surface area contributed by atoms with Gasteiger partial charge in [0.05, 0.1) is 11.0 Å². The summed E-state index contributed by atoms with van der Waals surface area (Å²) in [5.41, 5.74) is 8.01. The number of imidazole rings is 1. The fourth-order valence-electron chi connectivity index (χ4n) is 2.72. The number of fused-ring (bicyclic) bond motifs is 1. The Labute approximate surface area is 99.9 Å². The van der Waals surface area contributed by atoms with E-state index in [1.807, 2.05) is 6.07 Å². The second-order valence-electron chi connectivity index (χ2n) is 5.13. The minimum atomic E-state index is -0.0874. The van der Waals surface area contributed by atoms with Crippen molar-refractivity contribution in [2.45, 2.75) is 37.6 Å². The van der Waals surface area contributed by atoms with E-state index in [1.165, 1.54) is 12.8 Å². The lowest BCUT2D eigenvalue weighted by molar-refractivity contribution is 0.428. The third kappa shape index (κ3) is 2.00. The van der Waals surface area contributed by atoms with Gasteiger partial charge >= 0.3 is 0 Å². The average molecular weight is 231 g/mol. The number of nitrogens with zero attached hydrogens (tertiary/aromatic N) is 1. The van der Waals surface area contributed by atoms with Crippen molar-refractivity contribution in [3.63, 3.8) is 0 Å². The highest BCUT2D eigenvalue weighted by atomic mass is 16.3. The average Bonchev–Trinajstić information content (AvgIpc) is 2.84. The molecule has 1 aliphatic rings. The Morgan fingerprint density at radius 2 is 2.12 bits per heavy atom. The molecular formula is C13H17N3O. The standard InChI is InChI=1S/C13H17N3O/c14-13(5-1-2-6-13)8-12-15-10-4-3-9(17)7-11(10)16-12/h3-4,7,17H,1-2,5-6,8,14H2,(H,15,16). The zero-order valence-electron chi connectivity index (χ0n) is 9.74. The Hall–Kier alpha value is -1.55. The van der Waals surface area contributed by atoms with Crippen molar-refractivity contribution in [1.29, 1.82) is 0 Å². The molecule has 1 aliphatic carbocycles. The summed E-state index contributed by atoms with van der Waals surface area (Å²) in [7, 11) is 0. The van der Waals surface area contributed by atoms with Gasteiger partial charge in [-0.1, -0.05) is 12.8 Å². The molecule has 1 fully saturated rings. The van der Waals surface area contributed by atoms with Gasteiger partial charge in [0.15, 0.2) is 0 Å². The van der Waals surface area contributed by atoms with Crippen molar-refractivity contribution in [3.8, 4) is 5.75 Å². The van der Waals surface area contributed by atoms with Gasteiger partial charge in [-0.3, -0.25) is 0 Å². The largest absolute Gasteiger partial charge is 0.508 e. The lowest BCUT2D eigenvalue weighted by atomic mass is 9.94. The Kier molecular flexibility index (Phi) is 2.33. The molecular weight excluding hydrogens is 214 g/mol. The SMILES string of the molecule is NC1(Cc2nc3ccc(O)cc3[nH]2)CCCC1. The van der Waals surface area contributed by atoms with E-state index < -0.39 is 0 Å². The first-order valence-corrected chi connectivity index (χ1v) is 6.11. The first kappa shape index (κ1) is 10.6. The fourth-order valence-corrected chi connectivity index (χ4v) is 2.72. The number of rotatable bonds is 2. The Balaban J connectivity index is 1.90. The van der Waals surface area contributed by atoms with Crippen molar-refractivity contribution >= 4 is 11.0 Å². The molecule has 0 radical (unpaired) electrons. The highest BCUT2D eigenvalue weighted by Gasteiger charge is 2.30. The van der Waals surface area contributed by atoms with Crippen molar-refractivity contribution in [3.05, 3.63) is 24.0 Å². The van der Waals surface area contributed by atoms with Crippen molar-refractivity contribution in [1.82, 2.24) is 9.97 Å².